The topological polar surface area (TPSA) is 78.8 Å². The van der Waals surface area contributed by atoms with E-state index in [1.54, 1.807) is 42.5 Å². The second-order valence-electron chi connectivity index (χ2n) is 6.73. The van der Waals surface area contributed by atoms with Crippen molar-refractivity contribution in [3.63, 3.8) is 0 Å². The minimum atomic E-state index is -4.16. The number of carbonyl (C=O) groups excluding carboxylic acids is 1. The number of hydrogen-bond donors (Lipinski definition) is 1. The number of sulfonamides is 1. The molecule has 3 aromatic carbocycles. The lowest BCUT2D eigenvalue weighted by atomic mass is 10.2. The summed E-state index contributed by atoms with van der Waals surface area (Å²) >= 11 is 12.1. The fourth-order valence-electron chi connectivity index (χ4n) is 2.73. The molecule has 6 nitrogen and oxygen atoms in total. The third-order valence-corrected chi connectivity index (χ3v) is 6.84. The predicted octanol–water partition coefficient (Wildman–Crippen LogP) is 4.79. The molecule has 0 unspecified atom stereocenters. The van der Waals surface area contributed by atoms with Gasteiger partial charge in [0.25, 0.3) is 15.9 Å². The lowest BCUT2D eigenvalue weighted by Crippen LogP contribution is -2.39. The number of carbonyl (C=O) groups is 1. The Kier molecular flexibility index (Phi) is 7.50. The number of amides is 1. The van der Waals surface area contributed by atoms with Gasteiger partial charge in [0.05, 0.1) is 26.8 Å². The van der Waals surface area contributed by atoms with E-state index in [4.69, 9.17) is 23.2 Å². The molecule has 0 aliphatic rings. The van der Waals surface area contributed by atoms with Gasteiger partial charge >= 0.3 is 0 Å². The summed E-state index contributed by atoms with van der Waals surface area (Å²) in [6.45, 7) is 1.29. The van der Waals surface area contributed by atoms with Crippen molar-refractivity contribution in [1.82, 2.24) is 5.43 Å². The number of hydrogen-bond acceptors (Lipinski definition) is 4. The Labute approximate surface area is 195 Å². The van der Waals surface area contributed by atoms with Gasteiger partial charge in [0, 0.05) is 5.56 Å². The third kappa shape index (κ3) is 5.64. The molecule has 0 heterocycles. The maximum Gasteiger partial charge on any atom is 0.264 e. The number of hydrazone groups is 1. The number of halogens is 3. The smallest absolute Gasteiger partial charge is 0.264 e. The average Bonchev–Trinajstić information content (AvgIpc) is 2.75. The molecule has 0 aliphatic heterocycles. The van der Waals surface area contributed by atoms with Crippen molar-refractivity contribution >= 4 is 51.0 Å². The lowest BCUT2D eigenvalue weighted by molar-refractivity contribution is -0.119. The van der Waals surface area contributed by atoms with E-state index < -0.39 is 28.3 Å². The van der Waals surface area contributed by atoms with Crippen LogP contribution in [-0.2, 0) is 14.8 Å². The van der Waals surface area contributed by atoms with E-state index in [0.717, 1.165) is 34.1 Å². The monoisotopic (exact) mass is 493 g/mol. The largest absolute Gasteiger partial charge is 0.271 e. The van der Waals surface area contributed by atoms with E-state index in [2.05, 4.69) is 10.5 Å². The molecule has 3 rings (SSSR count). The first-order valence-electron chi connectivity index (χ1n) is 9.29. The molecule has 0 aromatic heterocycles. The van der Waals surface area contributed by atoms with E-state index in [0.29, 0.717) is 15.6 Å². The summed E-state index contributed by atoms with van der Waals surface area (Å²) in [5.41, 5.74) is 3.87. The minimum Gasteiger partial charge on any atom is -0.271 e. The molecule has 0 bridgehead atoms. The third-order valence-electron chi connectivity index (χ3n) is 4.39. The average molecular weight is 494 g/mol. The summed E-state index contributed by atoms with van der Waals surface area (Å²) in [4.78, 5) is 12.4. The molecule has 3 aromatic rings. The fourth-order valence-corrected chi connectivity index (χ4v) is 4.64. The Morgan fingerprint density at radius 1 is 1.03 bits per heavy atom. The highest BCUT2D eigenvalue weighted by atomic mass is 35.5. The first kappa shape index (κ1) is 23.7. The molecular weight excluding hydrogens is 476 g/mol. The van der Waals surface area contributed by atoms with Crippen LogP contribution < -0.4 is 9.73 Å². The molecule has 166 valence electrons. The minimum absolute atomic E-state index is 0.154. The maximum absolute atomic E-state index is 13.3. The molecule has 0 saturated carbocycles. The Balaban J connectivity index is 1.85. The summed E-state index contributed by atoms with van der Waals surface area (Å²) in [5.74, 6) is -1.27. The van der Waals surface area contributed by atoms with Crippen molar-refractivity contribution in [2.45, 2.75) is 11.8 Å². The van der Waals surface area contributed by atoms with E-state index in [-0.39, 0.29) is 10.6 Å². The molecule has 0 atom stereocenters. The van der Waals surface area contributed by atoms with Crippen molar-refractivity contribution < 1.29 is 17.6 Å². The molecule has 0 aliphatic carbocycles. The van der Waals surface area contributed by atoms with Crippen molar-refractivity contribution in [3.05, 3.63) is 93.7 Å². The van der Waals surface area contributed by atoms with Gasteiger partial charge in [-0.05, 0) is 55.5 Å². The van der Waals surface area contributed by atoms with Gasteiger partial charge in [-0.3, -0.25) is 9.10 Å². The zero-order valence-corrected chi connectivity index (χ0v) is 19.1. The number of anilines is 1. The Hall–Kier alpha value is -2.94. The van der Waals surface area contributed by atoms with Crippen LogP contribution in [0, 0.1) is 12.7 Å². The summed E-state index contributed by atoms with van der Waals surface area (Å²) in [6, 6.07) is 15.9. The van der Waals surface area contributed by atoms with Gasteiger partial charge in [-0.2, -0.15) is 5.10 Å². The zero-order valence-electron chi connectivity index (χ0n) is 16.8. The van der Waals surface area contributed by atoms with Crippen LogP contribution in [0.1, 0.15) is 11.1 Å². The standard InChI is InChI=1S/C22H18Cl2FN3O3S/c1-15-5-9-17(10-6-15)28(32(30,31)18-11-7-16(25)8-12-18)14-22(29)27-26-13-19-20(23)3-2-4-21(19)24/h2-13H,14H2,1H3,(H,27,29)/b26-13-. The van der Waals surface area contributed by atoms with E-state index in [9.17, 15) is 17.6 Å². The molecule has 0 radical (unpaired) electrons. The molecule has 0 spiro atoms. The van der Waals surface area contributed by atoms with Gasteiger partial charge in [0.2, 0.25) is 0 Å². The molecule has 32 heavy (non-hydrogen) atoms. The van der Waals surface area contributed by atoms with Crippen molar-refractivity contribution in [3.8, 4) is 0 Å². The normalized spacial score (nSPS) is 11.5. The molecule has 1 amide bonds. The number of aryl methyl sites for hydroxylation is 1. The van der Waals surface area contributed by atoms with Gasteiger partial charge in [-0.25, -0.2) is 18.2 Å². The van der Waals surface area contributed by atoms with Gasteiger partial charge in [-0.1, -0.05) is 47.0 Å². The van der Waals surface area contributed by atoms with E-state index >= 15 is 0 Å². The summed E-state index contributed by atoms with van der Waals surface area (Å²) in [7, 11) is -4.16. The molecule has 0 fully saturated rings. The van der Waals surface area contributed by atoms with Crippen LogP contribution in [0.25, 0.3) is 0 Å². The summed E-state index contributed by atoms with van der Waals surface area (Å²) < 4.78 is 40.6. The molecular formula is C22H18Cl2FN3O3S. The SMILES string of the molecule is Cc1ccc(N(CC(=O)N/N=C\c2c(Cl)cccc2Cl)S(=O)(=O)c2ccc(F)cc2)cc1. The van der Waals surface area contributed by atoms with Gasteiger partial charge in [-0.15, -0.1) is 0 Å². The van der Waals surface area contributed by atoms with Gasteiger partial charge < -0.3 is 0 Å². The van der Waals surface area contributed by atoms with Crippen LogP contribution in [-0.4, -0.2) is 27.1 Å². The highest BCUT2D eigenvalue weighted by molar-refractivity contribution is 7.92. The maximum atomic E-state index is 13.3. The van der Waals surface area contributed by atoms with Crippen molar-refractivity contribution in [1.29, 1.82) is 0 Å². The van der Waals surface area contributed by atoms with Crippen LogP contribution in [0.5, 0.6) is 0 Å². The first-order chi connectivity index (χ1) is 15.2. The van der Waals surface area contributed by atoms with Crippen LogP contribution >= 0.6 is 23.2 Å². The number of rotatable bonds is 7. The van der Waals surface area contributed by atoms with Crippen LogP contribution in [0.3, 0.4) is 0 Å². The molecule has 1 N–H and O–H groups in total. The van der Waals surface area contributed by atoms with Gasteiger partial charge in [0.1, 0.15) is 12.4 Å². The lowest BCUT2D eigenvalue weighted by Gasteiger charge is -2.23. The Morgan fingerprint density at radius 3 is 2.22 bits per heavy atom. The second kappa shape index (κ2) is 10.1. The highest BCUT2D eigenvalue weighted by Crippen LogP contribution is 2.24. The number of nitrogens with one attached hydrogen (secondary N) is 1. The van der Waals surface area contributed by atoms with Crippen molar-refractivity contribution in [2.75, 3.05) is 10.8 Å². The summed E-state index contributed by atoms with van der Waals surface area (Å²) in [6.07, 6.45) is 1.27. The molecule has 0 saturated heterocycles. The van der Waals surface area contributed by atoms with E-state index in [1.807, 2.05) is 6.92 Å². The first-order valence-corrected chi connectivity index (χ1v) is 11.5. The predicted molar refractivity (Wildman–Crippen MR) is 124 cm³/mol. The molecule has 10 heteroatoms. The Morgan fingerprint density at radius 2 is 1.62 bits per heavy atom. The number of benzene rings is 3. The highest BCUT2D eigenvalue weighted by Gasteiger charge is 2.27. The summed E-state index contributed by atoms with van der Waals surface area (Å²) in [5, 5.41) is 4.51. The second-order valence-corrected chi connectivity index (χ2v) is 9.41. The number of nitrogens with zero attached hydrogens (tertiary/aromatic N) is 2. The zero-order chi connectivity index (χ0) is 23.3. The van der Waals surface area contributed by atoms with Crippen LogP contribution in [0.15, 0.2) is 76.7 Å². The van der Waals surface area contributed by atoms with E-state index in [1.165, 1.54) is 6.21 Å². The quantitative estimate of drug-likeness (QED) is 0.379. The van der Waals surface area contributed by atoms with Crippen LogP contribution in [0.2, 0.25) is 10.0 Å². The van der Waals surface area contributed by atoms with Gasteiger partial charge in [0.15, 0.2) is 0 Å². The Bertz CT molecular complexity index is 1230. The van der Waals surface area contributed by atoms with Crippen molar-refractivity contribution in [2.24, 2.45) is 5.10 Å². The van der Waals surface area contributed by atoms with Crippen LogP contribution in [0.4, 0.5) is 10.1 Å². The fraction of sp³-hybridized carbons (Fsp3) is 0.0909.